The van der Waals surface area contributed by atoms with Gasteiger partial charge in [0.05, 0.1) is 5.69 Å². The number of anilines is 1. The minimum Gasteiger partial charge on any atom is -0.530 e. The zero-order valence-corrected chi connectivity index (χ0v) is 7.76. The van der Waals surface area contributed by atoms with E-state index in [1.165, 1.54) is 6.92 Å². The SMILES string of the molecule is CCN(C(=O)[O-])c1cc(F)c(F)cc1F. The van der Waals surface area contributed by atoms with Crippen LogP contribution < -0.4 is 10.0 Å². The van der Waals surface area contributed by atoms with Crippen LogP contribution in [0.4, 0.5) is 23.7 Å². The van der Waals surface area contributed by atoms with Crippen molar-refractivity contribution in [3.05, 3.63) is 29.6 Å². The number of hydrogen-bond acceptors (Lipinski definition) is 2. The molecule has 0 unspecified atom stereocenters. The van der Waals surface area contributed by atoms with Gasteiger partial charge in [-0.3, -0.25) is 0 Å². The molecule has 0 aromatic heterocycles. The maximum absolute atomic E-state index is 13.1. The first-order chi connectivity index (χ1) is 6.97. The second kappa shape index (κ2) is 4.20. The summed E-state index contributed by atoms with van der Waals surface area (Å²) in [4.78, 5) is 11.0. The molecule has 82 valence electrons. The zero-order chi connectivity index (χ0) is 11.6. The first kappa shape index (κ1) is 11.4. The van der Waals surface area contributed by atoms with Crippen molar-refractivity contribution in [2.24, 2.45) is 0 Å². The van der Waals surface area contributed by atoms with Crippen molar-refractivity contribution >= 4 is 11.8 Å². The van der Waals surface area contributed by atoms with Gasteiger partial charge in [-0.05, 0) is 6.92 Å². The number of carbonyl (C=O) groups excluding carboxylic acids is 1. The fourth-order valence-corrected chi connectivity index (χ4v) is 1.12. The lowest BCUT2D eigenvalue weighted by molar-refractivity contribution is -0.246. The van der Waals surface area contributed by atoms with Crippen LogP contribution in [-0.4, -0.2) is 12.6 Å². The summed E-state index contributed by atoms with van der Waals surface area (Å²) in [5, 5.41) is 10.5. The van der Waals surface area contributed by atoms with Gasteiger partial charge in [-0.15, -0.1) is 0 Å². The number of benzene rings is 1. The maximum atomic E-state index is 13.1. The smallest absolute Gasteiger partial charge is 0.161 e. The summed E-state index contributed by atoms with van der Waals surface area (Å²) < 4.78 is 38.4. The summed E-state index contributed by atoms with van der Waals surface area (Å²) in [5.41, 5.74) is -0.559. The van der Waals surface area contributed by atoms with Gasteiger partial charge in [0.15, 0.2) is 11.6 Å². The van der Waals surface area contributed by atoms with Crippen molar-refractivity contribution in [1.82, 2.24) is 0 Å². The largest absolute Gasteiger partial charge is 0.530 e. The number of halogens is 3. The fraction of sp³-hybridized carbons (Fsp3) is 0.222. The van der Waals surface area contributed by atoms with E-state index >= 15 is 0 Å². The van der Waals surface area contributed by atoms with E-state index in [-0.39, 0.29) is 12.6 Å². The normalized spacial score (nSPS) is 10.1. The van der Waals surface area contributed by atoms with Crippen molar-refractivity contribution in [2.75, 3.05) is 11.4 Å². The highest BCUT2D eigenvalue weighted by Gasteiger charge is 2.15. The van der Waals surface area contributed by atoms with E-state index in [0.29, 0.717) is 11.0 Å². The van der Waals surface area contributed by atoms with Crippen LogP contribution in [0.1, 0.15) is 6.92 Å². The standard InChI is InChI=1S/C9H8F3NO2/c1-2-13(9(14)15)8-4-6(11)5(10)3-7(8)12/h3-4H,2H2,1H3,(H,14,15)/p-1. The molecule has 0 aliphatic rings. The van der Waals surface area contributed by atoms with Gasteiger partial charge in [-0.2, -0.15) is 0 Å². The van der Waals surface area contributed by atoms with Gasteiger partial charge in [-0.1, -0.05) is 0 Å². The highest BCUT2D eigenvalue weighted by atomic mass is 19.2. The lowest BCUT2D eigenvalue weighted by Gasteiger charge is -2.23. The Kier molecular flexibility index (Phi) is 3.18. The topological polar surface area (TPSA) is 43.4 Å². The lowest BCUT2D eigenvalue weighted by atomic mass is 10.2. The van der Waals surface area contributed by atoms with E-state index in [0.717, 1.165) is 0 Å². The molecule has 3 nitrogen and oxygen atoms in total. The van der Waals surface area contributed by atoms with Crippen molar-refractivity contribution in [3.8, 4) is 0 Å². The quantitative estimate of drug-likeness (QED) is 0.701. The third-order valence-corrected chi connectivity index (χ3v) is 1.82. The van der Waals surface area contributed by atoms with Gasteiger partial charge in [0.25, 0.3) is 0 Å². The molecule has 0 heterocycles. The van der Waals surface area contributed by atoms with Gasteiger partial charge in [-0.25, -0.2) is 13.2 Å². The Balaban J connectivity index is 3.24. The molecule has 0 aliphatic heterocycles. The Hall–Kier alpha value is -1.72. The molecule has 1 rings (SSSR count). The van der Waals surface area contributed by atoms with E-state index in [2.05, 4.69) is 0 Å². The first-order valence-corrected chi connectivity index (χ1v) is 4.10. The van der Waals surface area contributed by atoms with E-state index < -0.39 is 29.2 Å². The average Bonchev–Trinajstić information content (AvgIpc) is 2.14. The number of amides is 1. The van der Waals surface area contributed by atoms with Gasteiger partial charge in [0, 0.05) is 18.7 Å². The number of hydrogen-bond donors (Lipinski definition) is 0. The fourth-order valence-electron chi connectivity index (χ4n) is 1.12. The molecule has 0 radical (unpaired) electrons. The van der Waals surface area contributed by atoms with Crippen LogP contribution in [0.2, 0.25) is 0 Å². The van der Waals surface area contributed by atoms with E-state index in [9.17, 15) is 23.1 Å². The van der Waals surface area contributed by atoms with Gasteiger partial charge in [0.1, 0.15) is 11.9 Å². The molecular formula is C9H7F3NO2-. The average molecular weight is 218 g/mol. The predicted octanol–water partition coefficient (Wildman–Crippen LogP) is 1.27. The number of carboxylic acid groups (broad SMARTS) is 1. The van der Waals surface area contributed by atoms with E-state index in [1.54, 1.807) is 0 Å². The number of carbonyl (C=O) groups is 1. The first-order valence-electron chi connectivity index (χ1n) is 4.10. The molecule has 0 aliphatic carbocycles. The molecule has 0 bridgehead atoms. The Morgan fingerprint density at radius 2 is 1.80 bits per heavy atom. The molecule has 6 heteroatoms. The van der Waals surface area contributed by atoms with Crippen LogP contribution in [0.15, 0.2) is 12.1 Å². The van der Waals surface area contributed by atoms with Crippen LogP contribution in [0, 0.1) is 17.5 Å². The minimum atomic E-state index is -1.68. The summed E-state index contributed by atoms with van der Waals surface area (Å²) in [6.45, 7) is 1.29. The summed E-state index contributed by atoms with van der Waals surface area (Å²) in [7, 11) is 0. The molecule has 0 saturated carbocycles. The van der Waals surface area contributed by atoms with Crippen molar-refractivity contribution < 1.29 is 23.1 Å². The molecular weight excluding hydrogens is 211 g/mol. The Morgan fingerprint density at radius 3 is 2.27 bits per heavy atom. The molecule has 1 amide bonds. The molecule has 0 fully saturated rings. The van der Waals surface area contributed by atoms with Crippen molar-refractivity contribution in [3.63, 3.8) is 0 Å². The Bertz CT molecular complexity index is 395. The lowest BCUT2D eigenvalue weighted by Crippen LogP contribution is -2.41. The van der Waals surface area contributed by atoms with Gasteiger partial charge < -0.3 is 14.8 Å². The molecule has 0 N–H and O–H groups in total. The second-order valence-corrected chi connectivity index (χ2v) is 2.73. The van der Waals surface area contributed by atoms with Crippen LogP contribution in [-0.2, 0) is 0 Å². The van der Waals surface area contributed by atoms with Crippen molar-refractivity contribution in [2.45, 2.75) is 6.92 Å². The highest BCUT2D eigenvalue weighted by molar-refractivity contribution is 5.84. The molecule has 0 spiro atoms. The molecule has 0 atom stereocenters. The Morgan fingerprint density at radius 1 is 1.27 bits per heavy atom. The molecule has 0 saturated heterocycles. The monoisotopic (exact) mass is 218 g/mol. The summed E-state index contributed by atoms with van der Waals surface area (Å²) in [5.74, 6) is -3.84. The van der Waals surface area contributed by atoms with Crippen LogP contribution in [0.25, 0.3) is 0 Å². The van der Waals surface area contributed by atoms with Gasteiger partial charge >= 0.3 is 0 Å². The highest BCUT2D eigenvalue weighted by Crippen LogP contribution is 2.22. The Labute approximate surface area is 83.7 Å². The second-order valence-electron chi connectivity index (χ2n) is 2.73. The van der Waals surface area contributed by atoms with Crippen LogP contribution in [0.3, 0.4) is 0 Å². The zero-order valence-electron chi connectivity index (χ0n) is 7.76. The molecule has 1 aromatic carbocycles. The van der Waals surface area contributed by atoms with Gasteiger partial charge in [0.2, 0.25) is 0 Å². The minimum absolute atomic E-state index is 0.121. The summed E-state index contributed by atoms with van der Waals surface area (Å²) in [6, 6.07) is 0.764. The van der Waals surface area contributed by atoms with E-state index in [1.807, 2.05) is 0 Å². The van der Waals surface area contributed by atoms with Crippen LogP contribution in [0.5, 0.6) is 0 Å². The van der Waals surface area contributed by atoms with Crippen LogP contribution >= 0.6 is 0 Å². The van der Waals surface area contributed by atoms with E-state index in [4.69, 9.17) is 0 Å². The third kappa shape index (κ3) is 2.20. The maximum Gasteiger partial charge on any atom is 0.161 e. The summed E-state index contributed by atoms with van der Waals surface area (Å²) >= 11 is 0. The van der Waals surface area contributed by atoms with Crippen molar-refractivity contribution in [1.29, 1.82) is 0 Å². The predicted molar refractivity (Wildman–Crippen MR) is 44.7 cm³/mol. The molecule has 15 heavy (non-hydrogen) atoms. The number of nitrogens with zero attached hydrogens (tertiary/aromatic N) is 1. The number of rotatable bonds is 2. The third-order valence-electron chi connectivity index (χ3n) is 1.82. The summed E-state index contributed by atoms with van der Waals surface area (Å²) in [6.07, 6.45) is -1.68. The molecule has 1 aromatic rings.